The first-order valence-corrected chi connectivity index (χ1v) is 7.87. The molecule has 20 heavy (non-hydrogen) atoms. The third-order valence-electron chi connectivity index (χ3n) is 4.51. The maximum atomic E-state index is 6.75. The summed E-state index contributed by atoms with van der Waals surface area (Å²) >= 11 is 0. The minimum atomic E-state index is -0.190. The zero-order chi connectivity index (χ0) is 14.8. The summed E-state index contributed by atoms with van der Waals surface area (Å²) in [4.78, 5) is 0. The molecule has 0 radical (unpaired) electrons. The summed E-state index contributed by atoms with van der Waals surface area (Å²) in [6.07, 6.45) is 6.00. The molecule has 0 amide bonds. The van der Waals surface area contributed by atoms with Crippen molar-refractivity contribution in [2.45, 2.75) is 71.4 Å². The van der Waals surface area contributed by atoms with Crippen LogP contribution < -0.4 is 10.5 Å². The van der Waals surface area contributed by atoms with Crippen LogP contribution in [0.1, 0.15) is 65.4 Å². The number of rotatable bonds is 3. The number of benzene rings is 1. The maximum Gasteiger partial charge on any atom is 0.120 e. The van der Waals surface area contributed by atoms with Gasteiger partial charge in [0.1, 0.15) is 5.75 Å². The van der Waals surface area contributed by atoms with E-state index in [9.17, 15) is 0 Å². The standard InChI is InChI=1S/C18H29NO/c1-14(2)20-16-8-5-7-15(13-16)18(19)10-6-9-17(3,4)11-12-18/h5,7-8,13-14H,6,9-12,19H2,1-4H3. The third kappa shape index (κ3) is 3.76. The number of nitrogens with two attached hydrogens (primary N) is 1. The third-order valence-corrected chi connectivity index (χ3v) is 4.51. The molecule has 1 atom stereocenters. The van der Waals surface area contributed by atoms with Crippen LogP contribution in [0.15, 0.2) is 24.3 Å². The van der Waals surface area contributed by atoms with Gasteiger partial charge in [-0.15, -0.1) is 0 Å². The Balaban J connectivity index is 2.21. The molecule has 2 nitrogen and oxygen atoms in total. The molecule has 0 bridgehead atoms. The van der Waals surface area contributed by atoms with Gasteiger partial charge in [0, 0.05) is 5.54 Å². The van der Waals surface area contributed by atoms with Gasteiger partial charge in [-0.2, -0.15) is 0 Å². The van der Waals surface area contributed by atoms with Crippen LogP contribution in [-0.4, -0.2) is 6.10 Å². The molecule has 112 valence electrons. The lowest BCUT2D eigenvalue weighted by molar-refractivity contribution is 0.241. The van der Waals surface area contributed by atoms with Crippen molar-refractivity contribution >= 4 is 0 Å². The van der Waals surface area contributed by atoms with Gasteiger partial charge in [0.05, 0.1) is 6.10 Å². The van der Waals surface area contributed by atoms with Crippen LogP contribution in [0.2, 0.25) is 0 Å². The lowest BCUT2D eigenvalue weighted by Gasteiger charge is -2.30. The van der Waals surface area contributed by atoms with E-state index in [-0.39, 0.29) is 11.6 Å². The zero-order valence-electron chi connectivity index (χ0n) is 13.4. The van der Waals surface area contributed by atoms with E-state index in [2.05, 4.69) is 45.9 Å². The fourth-order valence-electron chi connectivity index (χ4n) is 3.13. The van der Waals surface area contributed by atoms with Crippen LogP contribution in [0.25, 0.3) is 0 Å². The summed E-state index contributed by atoms with van der Waals surface area (Å²) in [6, 6.07) is 8.38. The molecular formula is C18H29NO. The van der Waals surface area contributed by atoms with E-state index in [1.165, 1.54) is 24.8 Å². The van der Waals surface area contributed by atoms with Crippen molar-refractivity contribution in [2.24, 2.45) is 11.1 Å². The molecule has 0 spiro atoms. The highest BCUT2D eigenvalue weighted by Gasteiger charge is 2.33. The molecule has 0 saturated heterocycles. The van der Waals surface area contributed by atoms with E-state index in [4.69, 9.17) is 10.5 Å². The Labute approximate surface area is 123 Å². The second-order valence-corrected chi connectivity index (χ2v) is 7.37. The summed E-state index contributed by atoms with van der Waals surface area (Å²) in [5, 5.41) is 0. The van der Waals surface area contributed by atoms with Gasteiger partial charge in [-0.25, -0.2) is 0 Å². The normalized spacial score (nSPS) is 26.3. The Hall–Kier alpha value is -1.02. The van der Waals surface area contributed by atoms with Crippen molar-refractivity contribution in [1.29, 1.82) is 0 Å². The van der Waals surface area contributed by atoms with E-state index in [1.807, 2.05) is 6.07 Å². The summed E-state index contributed by atoms with van der Waals surface area (Å²) in [7, 11) is 0. The van der Waals surface area contributed by atoms with Gasteiger partial charge in [0.25, 0.3) is 0 Å². The smallest absolute Gasteiger partial charge is 0.120 e. The average molecular weight is 275 g/mol. The molecule has 1 saturated carbocycles. The quantitative estimate of drug-likeness (QED) is 0.817. The highest BCUT2D eigenvalue weighted by molar-refractivity contribution is 5.33. The number of hydrogen-bond donors (Lipinski definition) is 1. The first-order chi connectivity index (χ1) is 9.31. The predicted octanol–water partition coefficient (Wildman–Crippen LogP) is 4.62. The molecule has 1 aromatic carbocycles. The lowest BCUT2D eigenvalue weighted by Crippen LogP contribution is -2.36. The second-order valence-electron chi connectivity index (χ2n) is 7.37. The molecule has 1 fully saturated rings. The summed E-state index contributed by atoms with van der Waals surface area (Å²) in [5.41, 5.74) is 8.21. The molecule has 1 aliphatic rings. The SMILES string of the molecule is CC(C)Oc1cccc(C2(N)CCCC(C)(C)CC2)c1. The lowest BCUT2D eigenvalue weighted by atomic mass is 9.81. The van der Waals surface area contributed by atoms with Crippen LogP contribution in [0, 0.1) is 5.41 Å². The van der Waals surface area contributed by atoms with Crippen molar-refractivity contribution in [1.82, 2.24) is 0 Å². The molecule has 0 heterocycles. The highest BCUT2D eigenvalue weighted by Crippen LogP contribution is 2.41. The van der Waals surface area contributed by atoms with Crippen molar-refractivity contribution in [3.63, 3.8) is 0 Å². The molecule has 2 heteroatoms. The van der Waals surface area contributed by atoms with Crippen LogP contribution in [0.5, 0.6) is 5.75 Å². The largest absolute Gasteiger partial charge is 0.491 e. The topological polar surface area (TPSA) is 35.2 Å². The summed E-state index contributed by atoms with van der Waals surface area (Å²) in [5.74, 6) is 0.936. The van der Waals surface area contributed by atoms with Gasteiger partial charge in [-0.1, -0.05) is 32.4 Å². The van der Waals surface area contributed by atoms with Crippen molar-refractivity contribution < 1.29 is 4.74 Å². The zero-order valence-corrected chi connectivity index (χ0v) is 13.4. The maximum absolute atomic E-state index is 6.75. The molecular weight excluding hydrogens is 246 g/mol. The molecule has 0 aromatic heterocycles. The monoisotopic (exact) mass is 275 g/mol. The van der Waals surface area contributed by atoms with Crippen molar-refractivity contribution in [2.75, 3.05) is 0 Å². The fourth-order valence-corrected chi connectivity index (χ4v) is 3.13. The summed E-state index contributed by atoms with van der Waals surface area (Å²) < 4.78 is 5.81. The Morgan fingerprint density at radius 1 is 1.10 bits per heavy atom. The van der Waals surface area contributed by atoms with E-state index in [0.717, 1.165) is 18.6 Å². The fraction of sp³-hybridized carbons (Fsp3) is 0.667. The average Bonchev–Trinajstić information content (AvgIpc) is 2.49. The molecule has 1 unspecified atom stereocenters. The Morgan fingerprint density at radius 2 is 1.85 bits per heavy atom. The van der Waals surface area contributed by atoms with Gasteiger partial charge >= 0.3 is 0 Å². The molecule has 1 aliphatic carbocycles. The molecule has 0 aliphatic heterocycles. The van der Waals surface area contributed by atoms with Gasteiger partial charge in [-0.3, -0.25) is 0 Å². The minimum absolute atomic E-state index is 0.190. The Bertz CT molecular complexity index is 452. The molecule has 2 rings (SSSR count). The van der Waals surface area contributed by atoms with Gasteiger partial charge in [-0.05, 0) is 62.6 Å². The summed E-state index contributed by atoms with van der Waals surface area (Å²) in [6.45, 7) is 8.83. The van der Waals surface area contributed by atoms with Crippen molar-refractivity contribution in [3.05, 3.63) is 29.8 Å². The van der Waals surface area contributed by atoms with Gasteiger partial charge < -0.3 is 10.5 Å². The minimum Gasteiger partial charge on any atom is -0.491 e. The van der Waals surface area contributed by atoms with E-state index in [0.29, 0.717) is 5.41 Å². The Morgan fingerprint density at radius 3 is 2.55 bits per heavy atom. The van der Waals surface area contributed by atoms with Crippen LogP contribution in [-0.2, 0) is 5.54 Å². The van der Waals surface area contributed by atoms with Crippen molar-refractivity contribution in [3.8, 4) is 5.75 Å². The van der Waals surface area contributed by atoms with Gasteiger partial charge in [0.15, 0.2) is 0 Å². The first kappa shape index (κ1) is 15.4. The van der Waals surface area contributed by atoms with E-state index < -0.39 is 0 Å². The highest BCUT2D eigenvalue weighted by atomic mass is 16.5. The number of hydrogen-bond acceptors (Lipinski definition) is 2. The van der Waals surface area contributed by atoms with Gasteiger partial charge in [0.2, 0.25) is 0 Å². The molecule has 2 N–H and O–H groups in total. The number of ether oxygens (including phenoxy) is 1. The first-order valence-electron chi connectivity index (χ1n) is 7.87. The van der Waals surface area contributed by atoms with E-state index in [1.54, 1.807) is 0 Å². The van der Waals surface area contributed by atoms with E-state index >= 15 is 0 Å². The van der Waals surface area contributed by atoms with Crippen LogP contribution in [0.4, 0.5) is 0 Å². The van der Waals surface area contributed by atoms with Crippen LogP contribution >= 0.6 is 0 Å². The van der Waals surface area contributed by atoms with Crippen LogP contribution in [0.3, 0.4) is 0 Å². The Kier molecular flexibility index (Phi) is 4.43. The second kappa shape index (κ2) is 5.77. The molecule has 1 aromatic rings. The predicted molar refractivity (Wildman–Crippen MR) is 84.9 cm³/mol.